The van der Waals surface area contributed by atoms with Crippen LogP contribution in [0.5, 0.6) is 0 Å². The summed E-state index contributed by atoms with van der Waals surface area (Å²) in [4.78, 5) is 50.4. The number of amides is 4. The van der Waals surface area contributed by atoms with E-state index in [0.29, 0.717) is 17.8 Å². The molecule has 1 saturated heterocycles. The number of likely N-dealkylation sites (tertiary alicyclic amines) is 1. The first-order chi connectivity index (χ1) is 13.8. The molecule has 1 N–H and O–H groups in total. The van der Waals surface area contributed by atoms with Crippen molar-refractivity contribution in [3.8, 4) is 0 Å². The number of rotatable bonds is 6. The van der Waals surface area contributed by atoms with Crippen molar-refractivity contribution in [1.82, 2.24) is 9.80 Å². The van der Waals surface area contributed by atoms with Crippen LogP contribution in [0, 0.1) is 0 Å². The van der Waals surface area contributed by atoms with Crippen LogP contribution in [-0.4, -0.2) is 40.5 Å². The van der Waals surface area contributed by atoms with E-state index >= 15 is 0 Å². The molecule has 0 spiro atoms. The van der Waals surface area contributed by atoms with Crippen LogP contribution in [0.15, 0.2) is 48.5 Å². The zero-order valence-electron chi connectivity index (χ0n) is 16.5. The summed E-state index contributed by atoms with van der Waals surface area (Å²) in [5.41, 5.74) is 2.72. The van der Waals surface area contributed by atoms with Gasteiger partial charge in [-0.05, 0) is 29.3 Å². The van der Waals surface area contributed by atoms with Gasteiger partial charge in [-0.25, -0.2) is 0 Å². The molecule has 1 heterocycles. The standard InChI is InChI=1S/C22H23N3O4/c1-15(26)24(2)14-18-5-3-4-6-19(18)23-22(29)17-9-7-16(8-10-17)13-25-20(27)11-12-21(25)28/h3-10H,11-14H2,1-2H3,(H,23,29). The van der Waals surface area contributed by atoms with Gasteiger partial charge in [-0.1, -0.05) is 30.3 Å². The zero-order valence-corrected chi connectivity index (χ0v) is 16.5. The predicted octanol–water partition coefficient (Wildman–Crippen LogP) is 2.57. The molecule has 0 atom stereocenters. The molecule has 3 rings (SSSR count). The van der Waals surface area contributed by atoms with Crippen LogP contribution in [0.4, 0.5) is 5.69 Å². The van der Waals surface area contributed by atoms with Crippen LogP contribution in [0.1, 0.15) is 41.3 Å². The fourth-order valence-electron chi connectivity index (χ4n) is 3.08. The maximum atomic E-state index is 12.6. The molecule has 29 heavy (non-hydrogen) atoms. The normalized spacial score (nSPS) is 13.5. The Morgan fingerprint density at radius 1 is 1.00 bits per heavy atom. The molecule has 7 heteroatoms. The number of hydrogen-bond acceptors (Lipinski definition) is 4. The first kappa shape index (κ1) is 20.3. The molecule has 0 saturated carbocycles. The van der Waals surface area contributed by atoms with Gasteiger partial charge in [0, 0.05) is 44.6 Å². The zero-order chi connectivity index (χ0) is 21.0. The summed E-state index contributed by atoms with van der Waals surface area (Å²) in [6.07, 6.45) is 0.523. The summed E-state index contributed by atoms with van der Waals surface area (Å²) in [6.45, 7) is 2.11. The SMILES string of the molecule is CC(=O)N(C)Cc1ccccc1NC(=O)c1ccc(CN2C(=O)CCC2=O)cc1. The Bertz CT molecular complexity index is 937. The molecule has 7 nitrogen and oxygen atoms in total. The Kier molecular flexibility index (Phi) is 6.07. The Morgan fingerprint density at radius 2 is 1.62 bits per heavy atom. The molecular weight excluding hydrogens is 370 g/mol. The van der Waals surface area contributed by atoms with Crippen molar-refractivity contribution in [2.45, 2.75) is 32.9 Å². The highest BCUT2D eigenvalue weighted by atomic mass is 16.2. The quantitative estimate of drug-likeness (QED) is 0.764. The van der Waals surface area contributed by atoms with Gasteiger partial charge in [-0.2, -0.15) is 0 Å². The second kappa shape index (κ2) is 8.68. The van der Waals surface area contributed by atoms with Crippen molar-refractivity contribution in [2.24, 2.45) is 0 Å². The summed E-state index contributed by atoms with van der Waals surface area (Å²) in [7, 11) is 1.70. The van der Waals surface area contributed by atoms with Gasteiger partial charge in [0.25, 0.3) is 5.91 Å². The lowest BCUT2D eigenvalue weighted by Gasteiger charge is -2.18. The number of carbonyl (C=O) groups excluding carboxylic acids is 4. The number of imide groups is 1. The molecule has 4 amide bonds. The van der Waals surface area contributed by atoms with Gasteiger partial charge in [0.1, 0.15) is 0 Å². The van der Waals surface area contributed by atoms with E-state index in [0.717, 1.165) is 11.1 Å². The third-order valence-corrected chi connectivity index (χ3v) is 4.92. The van der Waals surface area contributed by atoms with Crippen molar-refractivity contribution in [3.63, 3.8) is 0 Å². The van der Waals surface area contributed by atoms with Gasteiger partial charge in [0.05, 0.1) is 6.54 Å². The van der Waals surface area contributed by atoms with Gasteiger partial charge in [-0.3, -0.25) is 24.1 Å². The molecular formula is C22H23N3O4. The second-order valence-electron chi connectivity index (χ2n) is 7.06. The highest BCUT2D eigenvalue weighted by molar-refractivity contribution is 6.05. The first-order valence-electron chi connectivity index (χ1n) is 9.38. The Balaban J connectivity index is 1.68. The summed E-state index contributed by atoms with van der Waals surface area (Å²) in [6, 6.07) is 14.1. The maximum Gasteiger partial charge on any atom is 0.255 e. The lowest BCUT2D eigenvalue weighted by Crippen LogP contribution is -2.28. The molecule has 2 aromatic carbocycles. The van der Waals surface area contributed by atoms with E-state index in [9.17, 15) is 19.2 Å². The number of carbonyl (C=O) groups is 4. The smallest absolute Gasteiger partial charge is 0.255 e. The van der Waals surface area contributed by atoms with E-state index in [-0.39, 0.29) is 43.0 Å². The molecule has 0 bridgehead atoms. The van der Waals surface area contributed by atoms with Crippen molar-refractivity contribution in [3.05, 3.63) is 65.2 Å². The minimum Gasteiger partial charge on any atom is -0.342 e. The van der Waals surface area contributed by atoms with Crippen LogP contribution in [-0.2, 0) is 27.5 Å². The maximum absolute atomic E-state index is 12.6. The van der Waals surface area contributed by atoms with E-state index < -0.39 is 0 Å². The minimum atomic E-state index is -0.275. The second-order valence-corrected chi connectivity index (χ2v) is 7.06. The van der Waals surface area contributed by atoms with E-state index in [4.69, 9.17) is 0 Å². The Labute approximate surface area is 169 Å². The Morgan fingerprint density at radius 3 is 2.24 bits per heavy atom. The van der Waals surface area contributed by atoms with Gasteiger partial charge in [-0.15, -0.1) is 0 Å². The number of benzene rings is 2. The molecule has 150 valence electrons. The molecule has 1 aliphatic heterocycles. The van der Waals surface area contributed by atoms with E-state index in [2.05, 4.69) is 5.32 Å². The molecule has 2 aromatic rings. The molecule has 0 unspecified atom stereocenters. The average Bonchev–Trinajstić information content (AvgIpc) is 3.02. The highest BCUT2D eigenvalue weighted by Crippen LogP contribution is 2.19. The predicted molar refractivity (Wildman–Crippen MR) is 108 cm³/mol. The summed E-state index contributed by atoms with van der Waals surface area (Å²) in [5, 5.41) is 2.88. The number of nitrogens with zero attached hydrogens (tertiary/aromatic N) is 2. The first-order valence-corrected chi connectivity index (χ1v) is 9.38. The fraction of sp³-hybridized carbons (Fsp3) is 0.273. The van der Waals surface area contributed by atoms with Crippen molar-refractivity contribution < 1.29 is 19.2 Å². The Hall–Kier alpha value is -3.48. The summed E-state index contributed by atoms with van der Waals surface area (Å²) < 4.78 is 0. The molecule has 1 aliphatic rings. The van der Waals surface area contributed by atoms with Gasteiger partial charge in [0.15, 0.2) is 0 Å². The van der Waals surface area contributed by atoms with Crippen LogP contribution in [0.3, 0.4) is 0 Å². The van der Waals surface area contributed by atoms with Crippen LogP contribution < -0.4 is 5.32 Å². The van der Waals surface area contributed by atoms with Crippen molar-refractivity contribution in [2.75, 3.05) is 12.4 Å². The molecule has 1 fully saturated rings. The van der Waals surface area contributed by atoms with E-state index in [1.807, 2.05) is 18.2 Å². The van der Waals surface area contributed by atoms with Crippen molar-refractivity contribution >= 4 is 29.3 Å². The number of hydrogen-bond donors (Lipinski definition) is 1. The minimum absolute atomic E-state index is 0.0586. The monoisotopic (exact) mass is 393 g/mol. The lowest BCUT2D eigenvalue weighted by atomic mass is 10.1. The van der Waals surface area contributed by atoms with E-state index in [1.165, 1.54) is 11.8 Å². The van der Waals surface area contributed by atoms with Gasteiger partial charge < -0.3 is 10.2 Å². The van der Waals surface area contributed by atoms with Gasteiger partial charge >= 0.3 is 0 Å². The number of nitrogens with one attached hydrogen (secondary N) is 1. The van der Waals surface area contributed by atoms with E-state index in [1.54, 1.807) is 42.3 Å². The number of anilines is 1. The molecule has 0 radical (unpaired) electrons. The van der Waals surface area contributed by atoms with Gasteiger partial charge in [0.2, 0.25) is 17.7 Å². The fourth-order valence-corrected chi connectivity index (χ4v) is 3.08. The highest BCUT2D eigenvalue weighted by Gasteiger charge is 2.28. The van der Waals surface area contributed by atoms with Crippen LogP contribution in [0.25, 0.3) is 0 Å². The third-order valence-electron chi connectivity index (χ3n) is 4.92. The average molecular weight is 393 g/mol. The summed E-state index contributed by atoms with van der Waals surface area (Å²) in [5.74, 6) is -0.660. The topological polar surface area (TPSA) is 86.8 Å². The number of para-hydroxylation sites is 1. The molecule has 0 aromatic heterocycles. The largest absolute Gasteiger partial charge is 0.342 e. The van der Waals surface area contributed by atoms with Crippen molar-refractivity contribution in [1.29, 1.82) is 0 Å². The lowest BCUT2D eigenvalue weighted by molar-refractivity contribution is -0.139. The summed E-state index contributed by atoms with van der Waals surface area (Å²) >= 11 is 0. The van der Waals surface area contributed by atoms with Crippen LogP contribution in [0.2, 0.25) is 0 Å². The third kappa shape index (κ3) is 4.87. The van der Waals surface area contributed by atoms with Crippen LogP contribution >= 0.6 is 0 Å². The molecule has 0 aliphatic carbocycles.